The number of aryl methyl sites for hydroxylation is 2. The molecule has 0 amide bonds. The number of allylic oxidation sites excluding steroid dienone is 1. The molecule has 0 atom stereocenters. The molecule has 1 aliphatic carbocycles. The number of aromatic nitrogens is 2. The van der Waals surface area contributed by atoms with Gasteiger partial charge in [0.2, 0.25) is 0 Å². The highest BCUT2D eigenvalue weighted by atomic mass is 14.8. The van der Waals surface area contributed by atoms with E-state index in [1.165, 1.54) is 16.7 Å². The molecule has 0 unspecified atom stereocenters. The largest absolute Gasteiger partial charge is 0.257 e. The predicted octanol–water partition coefficient (Wildman–Crippen LogP) is 5.08. The molecule has 0 aliphatic heterocycles. The Morgan fingerprint density at radius 2 is 1.91 bits per heavy atom. The minimum Gasteiger partial charge on any atom is -0.257 e. The van der Waals surface area contributed by atoms with Crippen molar-refractivity contribution < 1.29 is 0 Å². The van der Waals surface area contributed by atoms with E-state index in [0.717, 1.165) is 42.6 Å². The fourth-order valence-electron chi connectivity index (χ4n) is 2.86. The Bertz CT molecular complexity index is 691. The second-order valence-corrected chi connectivity index (χ2v) is 7.43. The van der Waals surface area contributed by atoms with Crippen LogP contribution in [0.25, 0.3) is 16.8 Å². The molecular formula is C20H24N2. The Hall–Kier alpha value is -1.96. The molecule has 0 fully saturated rings. The highest BCUT2D eigenvalue weighted by Gasteiger charge is 2.15. The quantitative estimate of drug-likeness (QED) is 0.788. The predicted molar refractivity (Wildman–Crippen MR) is 92.6 cm³/mol. The number of hydrogen-bond acceptors (Lipinski definition) is 2. The summed E-state index contributed by atoms with van der Waals surface area (Å²) < 4.78 is 0. The molecule has 1 aliphatic rings. The maximum absolute atomic E-state index is 4.61. The molecule has 0 spiro atoms. The Morgan fingerprint density at radius 1 is 1.09 bits per heavy atom. The molecule has 114 valence electrons. The van der Waals surface area contributed by atoms with E-state index in [4.69, 9.17) is 0 Å². The summed E-state index contributed by atoms with van der Waals surface area (Å²) in [6, 6.07) is 6.55. The zero-order valence-electron chi connectivity index (χ0n) is 13.8. The zero-order valence-corrected chi connectivity index (χ0v) is 13.8. The Balaban J connectivity index is 1.77. The van der Waals surface area contributed by atoms with Crippen LogP contribution in [0.1, 0.15) is 50.4 Å². The number of rotatable bonds is 3. The van der Waals surface area contributed by atoms with Crippen LogP contribution in [0.3, 0.4) is 0 Å². The Kier molecular flexibility index (Phi) is 3.86. The number of fused-ring (bicyclic) bond motifs is 1. The summed E-state index contributed by atoms with van der Waals surface area (Å²) in [6.07, 6.45) is 8.12. The highest BCUT2D eigenvalue weighted by Crippen LogP contribution is 2.33. The lowest BCUT2D eigenvalue weighted by molar-refractivity contribution is 0.376. The average molecular weight is 292 g/mol. The number of nitrogens with zero attached hydrogens (tertiary/aromatic N) is 2. The van der Waals surface area contributed by atoms with Crippen LogP contribution in [0.15, 0.2) is 37.2 Å². The summed E-state index contributed by atoms with van der Waals surface area (Å²) in [5, 5.41) is 0. The van der Waals surface area contributed by atoms with Gasteiger partial charge < -0.3 is 0 Å². The first-order valence-corrected chi connectivity index (χ1v) is 8.05. The number of hydrogen-bond donors (Lipinski definition) is 0. The van der Waals surface area contributed by atoms with E-state index >= 15 is 0 Å². The van der Waals surface area contributed by atoms with Crippen molar-refractivity contribution in [2.75, 3.05) is 0 Å². The lowest BCUT2D eigenvalue weighted by Crippen LogP contribution is -2.07. The Labute approximate surface area is 133 Å². The first-order valence-electron chi connectivity index (χ1n) is 8.05. The van der Waals surface area contributed by atoms with Gasteiger partial charge in [0.25, 0.3) is 0 Å². The molecule has 0 bridgehead atoms. The molecule has 2 nitrogen and oxygen atoms in total. The molecule has 0 saturated carbocycles. The normalized spacial score (nSPS) is 14.2. The van der Waals surface area contributed by atoms with Crippen LogP contribution in [-0.4, -0.2) is 9.97 Å². The van der Waals surface area contributed by atoms with Gasteiger partial charge in [-0.3, -0.25) is 9.97 Å². The third-order valence-corrected chi connectivity index (χ3v) is 4.31. The molecule has 3 rings (SSSR count). The van der Waals surface area contributed by atoms with Gasteiger partial charge in [0.15, 0.2) is 0 Å². The first kappa shape index (κ1) is 15.0. The van der Waals surface area contributed by atoms with Crippen LogP contribution in [0.4, 0.5) is 0 Å². The molecule has 1 aromatic carbocycles. The summed E-state index contributed by atoms with van der Waals surface area (Å²) in [5.41, 5.74) is 7.49. The van der Waals surface area contributed by atoms with Crippen LogP contribution in [-0.2, 0) is 12.8 Å². The van der Waals surface area contributed by atoms with Crippen LogP contribution >= 0.6 is 0 Å². The van der Waals surface area contributed by atoms with Crippen LogP contribution in [0, 0.1) is 5.41 Å². The summed E-state index contributed by atoms with van der Waals surface area (Å²) in [4.78, 5) is 9.20. The van der Waals surface area contributed by atoms with Gasteiger partial charge in [0.1, 0.15) is 0 Å². The minimum atomic E-state index is 0.336. The van der Waals surface area contributed by atoms with E-state index in [1.54, 1.807) is 0 Å². The van der Waals surface area contributed by atoms with E-state index in [-0.39, 0.29) is 0 Å². The van der Waals surface area contributed by atoms with Crippen molar-refractivity contribution in [2.45, 2.75) is 46.5 Å². The third-order valence-electron chi connectivity index (χ3n) is 4.31. The van der Waals surface area contributed by atoms with Crippen LogP contribution in [0.5, 0.6) is 0 Å². The van der Waals surface area contributed by atoms with Crippen molar-refractivity contribution in [3.8, 4) is 11.3 Å². The van der Waals surface area contributed by atoms with Gasteiger partial charge in [-0.1, -0.05) is 39.5 Å². The van der Waals surface area contributed by atoms with Crippen molar-refractivity contribution >= 4 is 5.57 Å². The summed E-state index contributed by atoms with van der Waals surface area (Å²) >= 11 is 0. The van der Waals surface area contributed by atoms with E-state index < -0.39 is 0 Å². The maximum Gasteiger partial charge on any atom is 0.0885 e. The van der Waals surface area contributed by atoms with Gasteiger partial charge in [0, 0.05) is 11.8 Å². The van der Waals surface area contributed by atoms with Crippen molar-refractivity contribution in [3.63, 3.8) is 0 Å². The topological polar surface area (TPSA) is 25.8 Å². The van der Waals surface area contributed by atoms with Gasteiger partial charge in [-0.25, -0.2) is 0 Å². The molecule has 0 N–H and O–H groups in total. The lowest BCUT2D eigenvalue weighted by Gasteiger charge is -2.17. The van der Waals surface area contributed by atoms with Crippen molar-refractivity contribution in [3.05, 3.63) is 54.0 Å². The lowest BCUT2D eigenvalue weighted by atomic mass is 9.90. The second-order valence-electron chi connectivity index (χ2n) is 7.43. The van der Waals surface area contributed by atoms with Gasteiger partial charge in [-0.05, 0) is 53.9 Å². The summed E-state index contributed by atoms with van der Waals surface area (Å²) in [7, 11) is 0. The minimum absolute atomic E-state index is 0.336. The van der Waals surface area contributed by atoms with Gasteiger partial charge in [-0.2, -0.15) is 0 Å². The van der Waals surface area contributed by atoms with Crippen LogP contribution < -0.4 is 0 Å². The third kappa shape index (κ3) is 3.27. The molecule has 2 aromatic rings. The van der Waals surface area contributed by atoms with Crippen molar-refractivity contribution in [2.24, 2.45) is 5.41 Å². The fraction of sp³-hybridized carbons (Fsp3) is 0.400. The smallest absolute Gasteiger partial charge is 0.0885 e. The van der Waals surface area contributed by atoms with E-state index in [0.29, 0.717) is 5.41 Å². The molecule has 1 heterocycles. The molecule has 22 heavy (non-hydrogen) atoms. The maximum atomic E-state index is 4.61. The van der Waals surface area contributed by atoms with E-state index in [1.807, 2.05) is 12.4 Å². The zero-order chi connectivity index (χ0) is 15.7. The monoisotopic (exact) mass is 292 g/mol. The summed E-state index contributed by atoms with van der Waals surface area (Å²) in [6.45, 7) is 10.9. The number of benzene rings is 1. The molecule has 1 aromatic heterocycles. The molecular weight excluding hydrogens is 268 g/mol. The highest BCUT2D eigenvalue weighted by molar-refractivity contribution is 5.74. The van der Waals surface area contributed by atoms with Crippen LogP contribution in [0.2, 0.25) is 0 Å². The molecule has 2 heteroatoms. The van der Waals surface area contributed by atoms with Gasteiger partial charge in [-0.15, -0.1) is 0 Å². The first-order chi connectivity index (χ1) is 10.4. The van der Waals surface area contributed by atoms with Gasteiger partial charge >= 0.3 is 0 Å². The van der Waals surface area contributed by atoms with Crippen molar-refractivity contribution in [1.29, 1.82) is 0 Å². The average Bonchev–Trinajstić information content (AvgIpc) is 2.86. The van der Waals surface area contributed by atoms with Gasteiger partial charge in [0.05, 0.1) is 17.6 Å². The Morgan fingerprint density at radius 3 is 2.59 bits per heavy atom. The standard InChI is InChI=1S/C20H24N2/c1-14-5-6-15-11-16(7-8-18(14)15)19-13-21-17(12-22-19)9-10-20(2,3)4/h7-8,11-13H,1,5-6,9-10H2,2-4H3. The molecule has 0 radical (unpaired) electrons. The van der Waals surface area contributed by atoms with E-state index in [2.05, 4.69) is 55.5 Å². The molecule has 0 saturated heterocycles. The second kappa shape index (κ2) is 5.68. The van der Waals surface area contributed by atoms with Crippen molar-refractivity contribution in [1.82, 2.24) is 9.97 Å². The fourth-order valence-corrected chi connectivity index (χ4v) is 2.86. The van der Waals surface area contributed by atoms with E-state index in [9.17, 15) is 0 Å². The SMILES string of the molecule is C=C1CCc2cc(-c3cnc(CCC(C)(C)C)cn3)ccc21. The summed E-state index contributed by atoms with van der Waals surface area (Å²) in [5.74, 6) is 0.